The molecule has 92 valence electrons. The van der Waals surface area contributed by atoms with Crippen LogP contribution in [0.3, 0.4) is 0 Å². The predicted octanol–water partition coefficient (Wildman–Crippen LogP) is 3.61. The van der Waals surface area contributed by atoms with Crippen molar-refractivity contribution < 1.29 is 0 Å². The maximum Gasteiger partial charge on any atom is 0.157 e. The molecule has 1 heterocycles. The monoisotopic (exact) mass is 248 g/mol. The molecule has 0 bridgehead atoms. The maximum atomic E-state index is 4.76. The van der Waals surface area contributed by atoms with Gasteiger partial charge in [-0.25, -0.2) is 0 Å². The zero-order valence-corrected chi connectivity index (χ0v) is 11.3. The van der Waals surface area contributed by atoms with Gasteiger partial charge in [-0.1, -0.05) is 55.9 Å². The van der Waals surface area contributed by atoms with Gasteiger partial charge in [0.2, 0.25) is 0 Å². The van der Waals surface area contributed by atoms with Crippen LogP contribution in [0.1, 0.15) is 38.3 Å². The highest BCUT2D eigenvalue weighted by Gasteiger charge is 2.20. The van der Waals surface area contributed by atoms with E-state index >= 15 is 0 Å². The molecule has 1 atom stereocenters. The van der Waals surface area contributed by atoms with Crippen LogP contribution in [-0.2, 0) is 0 Å². The predicted molar refractivity (Wildman–Crippen MR) is 76.6 cm³/mol. The molecule has 0 saturated heterocycles. The highest BCUT2D eigenvalue weighted by Crippen LogP contribution is 2.29. The van der Waals surface area contributed by atoms with Gasteiger partial charge in [-0.15, -0.1) is 0 Å². The Morgan fingerprint density at radius 3 is 2.65 bits per heavy atom. The Morgan fingerprint density at radius 1 is 1.29 bits per heavy atom. The van der Waals surface area contributed by atoms with E-state index in [4.69, 9.17) is 4.99 Å². The van der Waals surface area contributed by atoms with Gasteiger partial charge >= 0.3 is 0 Å². The fraction of sp³-hybridized carbons (Fsp3) is 0.500. The molecule has 0 amide bonds. The first-order valence-corrected chi connectivity index (χ1v) is 7.34. The van der Waals surface area contributed by atoms with E-state index < -0.39 is 0 Å². The summed E-state index contributed by atoms with van der Waals surface area (Å²) in [6, 6.07) is 11.4. The van der Waals surface area contributed by atoms with Crippen molar-refractivity contribution in [2.24, 2.45) is 4.99 Å². The molecule has 0 aliphatic carbocycles. The van der Waals surface area contributed by atoms with E-state index in [9.17, 15) is 0 Å². The first-order valence-electron chi connectivity index (χ1n) is 6.35. The largest absolute Gasteiger partial charge is 0.362 e. The van der Waals surface area contributed by atoms with Crippen LogP contribution >= 0.6 is 11.8 Å². The summed E-state index contributed by atoms with van der Waals surface area (Å²) in [5.74, 6) is 1.06. The van der Waals surface area contributed by atoms with Gasteiger partial charge in [0.25, 0.3) is 0 Å². The summed E-state index contributed by atoms with van der Waals surface area (Å²) in [5.41, 5.74) is 1.32. The van der Waals surface area contributed by atoms with Crippen molar-refractivity contribution in [3.63, 3.8) is 0 Å². The molecule has 0 radical (unpaired) electrons. The summed E-state index contributed by atoms with van der Waals surface area (Å²) < 4.78 is 0. The summed E-state index contributed by atoms with van der Waals surface area (Å²) in [4.78, 5) is 4.76. The third-order valence-corrected chi connectivity index (χ3v) is 4.13. The molecule has 0 spiro atoms. The van der Waals surface area contributed by atoms with Gasteiger partial charge in [-0.2, -0.15) is 0 Å². The first-order chi connectivity index (χ1) is 8.33. The summed E-state index contributed by atoms with van der Waals surface area (Å²) in [5, 5.41) is 4.65. The van der Waals surface area contributed by atoms with Crippen LogP contribution in [-0.4, -0.2) is 17.0 Å². The second-order valence-electron chi connectivity index (χ2n) is 4.33. The topological polar surface area (TPSA) is 24.4 Å². The zero-order chi connectivity index (χ0) is 12.1. The summed E-state index contributed by atoms with van der Waals surface area (Å²) in [6.07, 6.45) is 2.32. The molecule has 3 heteroatoms. The SMILES string of the molecule is CCC(CC)NC1=NC(c2ccccc2)CS1. The number of hydrogen-bond acceptors (Lipinski definition) is 3. The molecule has 1 N–H and O–H groups in total. The van der Waals surface area contributed by atoms with Crippen LogP contribution in [0.25, 0.3) is 0 Å². The molecule has 1 aromatic rings. The summed E-state index contributed by atoms with van der Waals surface area (Å²) in [6.45, 7) is 4.44. The fourth-order valence-corrected chi connectivity index (χ4v) is 3.00. The zero-order valence-electron chi connectivity index (χ0n) is 10.5. The van der Waals surface area contributed by atoms with Gasteiger partial charge in [-0.3, -0.25) is 4.99 Å². The van der Waals surface area contributed by atoms with E-state index in [0.29, 0.717) is 12.1 Å². The van der Waals surface area contributed by atoms with E-state index in [2.05, 4.69) is 49.5 Å². The molecular formula is C14H20N2S. The fourth-order valence-electron chi connectivity index (χ4n) is 1.97. The molecule has 0 saturated carbocycles. The number of nitrogens with zero attached hydrogens (tertiary/aromatic N) is 1. The minimum atomic E-state index is 0.332. The van der Waals surface area contributed by atoms with Crippen molar-refractivity contribution in [3.8, 4) is 0 Å². The molecule has 2 nitrogen and oxygen atoms in total. The molecule has 1 aliphatic rings. The van der Waals surface area contributed by atoms with E-state index in [-0.39, 0.29) is 0 Å². The van der Waals surface area contributed by atoms with Gasteiger partial charge < -0.3 is 5.32 Å². The minimum Gasteiger partial charge on any atom is -0.362 e. The Hall–Kier alpha value is -0.960. The van der Waals surface area contributed by atoms with Gasteiger partial charge in [0.15, 0.2) is 5.17 Å². The Balaban J connectivity index is 1.99. The normalized spacial score (nSPS) is 19.5. The lowest BCUT2D eigenvalue weighted by atomic mass is 10.1. The highest BCUT2D eigenvalue weighted by molar-refractivity contribution is 8.14. The molecule has 1 aliphatic heterocycles. The Labute approximate surface area is 108 Å². The minimum absolute atomic E-state index is 0.332. The second-order valence-corrected chi connectivity index (χ2v) is 5.34. The van der Waals surface area contributed by atoms with Crippen molar-refractivity contribution in [1.29, 1.82) is 0 Å². The molecule has 0 aromatic heterocycles. The molecule has 17 heavy (non-hydrogen) atoms. The van der Waals surface area contributed by atoms with Crippen molar-refractivity contribution in [3.05, 3.63) is 35.9 Å². The Kier molecular flexibility index (Phi) is 4.49. The lowest BCUT2D eigenvalue weighted by Gasteiger charge is -2.14. The van der Waals surface area contributed by atoms with E-state index in [1.807, 2.05) is 11.8 Å². The number of rotatable bonds is 4. The van der Waals surface area contributed by atoms with Crippen LogP contribution in [0.15, 0.2) is 35.3 Å². The smallest absolute Gasteiger partial charge is 0.157 e. The molecule has 2 rings (SSSR count). The molecule has 0 fully saturated rings. The highest BCUT2D eigenvalue weighted by atomic mass is 32.2. The number of aliphatic imine (C=N–C) groups is 1. The summed E-state index contributed by atoms with van der Waals surface area (Å²) in [7, 11) is 0. The van der Waals surface area contributed by atoms with Crippen LogP contribution in [0.4, 0.5) is 0 Å². The molecular weight excluding hydrogens is 228 g/mol. The lowest BCUT2D eigenvalue weighted by molar-refractivity contribution is 0.572. The Bertz CT molecular complexity index is 371. The van der Waals surface area contributed by atoms with Crippen molar-refractivity contribution in [2.45, 2.75) is 38.8 Å². The van der Waals surface area contributed by atoms with E-state index in [1.54, 1.807) is 0 Å². The number of benzene rings is 1. The average Bonchev–Trinajstić information content (AvgIpc) is 2.85. The van der Waals surface area contributed by atoms with Crippen LogP contribution in [0.5, 0.6) is 0 Å². The second kappa shape index (κ2) is 6.10. The van der Waals surface area contributed by atoms with Crippen molar-refractivity contribution in [2.75, 3.05) is 5.75 Å². The molecule has 1 aromatic carbocycles. The van der Waals surface area contributed by atoms with Crippen LogP contribution in [0, 0.1) is 0 Å². The van der Waals surface area contributed by atoms with Gasteiger partial charge in [0.1, 0.15) is 0 Å². The average molecular weight is 248 g/mol. The number of nitrogens with one attached hydrogen (secondary N) is 1. The van der Waals surface area contributed by atoms with Crippen molar-refractivity contribution >= 4 is 16.9 Å². The van der Waals surface area contributed by atoms with Crippen LogP contribution in [0.2, 0.25) is 0 Å². The third kappa shape index (κ3) is 3.25. The van der Waals surface area contributed by atoms with Gasteiger partial charge in [0.05, 0.1) is 6.04 Å². The third-order valence-electron chi connectivity index (χ3n) is 3.15. The maximum absolute atomic E-state index is 4.76. The standard InChI is InChI=1S/C14H20N2S/c1-3-12(4-2)15-14-16-13(10-17-14)11-8-6-5-7-9-11/h5-9,12-13H,3-4,10H2,1-2H3,(H,15,16). The lowest BCUT2D eigenvalue weighted by Crippen LogP contribution is -2.31. The molecule has 1 unspecified atom stereocenters. The van der Waals surface area contributed by atoms with E-state index in [1.165, 1.54) is 5.56 Å². The Morgan fingerprint density at radius 2 is 2.00 bits per heavy atom. The number of hydrogen-bond donors (Lipinski definition) is 1. The number of thioether (sulfide) groups is 1. The summed E-state index contributed by atoms with van der Waals surface area (Å²) >= 11 is 1.84. The number of amidine groups is 1. The van der Waals surface area contributed by atoms with Crippen LogP contribution < -0.4 is 5.32 Å². The van der Waals surface area contributed by atoms with E-state index in [0.717, 1.165) is 23.8 Å². The van der Waals surface area contributed by atoms with Gasteiger partial charge in [-0.05, 0) is 18.4 Å². The van der Waals surface area contributed by atoms with Gasteiger partial charge in [0, 0.05) is 11.8 Å². The quantitative estimate of drug-likeness (QED) is 0.880. The first kappa shape index (κ1) is 12.5. The van der Waals surface area contributed by atoms with Crippen molar-refractivity contribution in [1.82, 2.24) is 5.32 Å².